The van der Waals surface area contributed by atoms with Gasteiger partial charge < -0.3 is 0 Å². The minimum Gasteiger partial charge on any atom is -0.290 e. The molecule has 1 N–H and O–H groups in total. The van der Waals surface area contributed by atoms with Gasteiger partial charge in [0, 0.05) is 17.8 Å². The van der Waals surface area contributed by atoms with Crippen molar-refractivity contribution in [3.05, 3.63) is 84.6 Å². The van der Waals surface area contributed by atoms with Gasteiger partial charge in [-0.2, -0.15) is 9.50 Å². The molecule has 0 atom stereocenters. The summed E-state index contributed by atoms with van der Waals surface area (Å²) < 4.78 is 1.62. The smallest absolute Gasteiger partial charge is 0.254 e. The van der Waals surface area contributed by atoms with Crippen LogP contribution in [0.4, 0.5) is 5.95 Å². The van der Waals surface area contributed by atoms with Gasteiger partial charge in [-0.3, -0.25) is 10.1 Å². The second kappa shape index (κ2) is 6.98. The van der Waals surface area contributed by atoms with E-state index in [0.29, 0.717) is 5.78 Å². The van der Waals surface area contributed by atoms with Crippen molar-refractivity contribution in [3.63, 3.8) is 0 Å². The number of aromatic nitrogens is 4. The molecule has 0 aliphatic rings. The maximum atomic E-state index is 12.1. The number of anilines is 1. The van der Waals surface area contributed by atoms with Crippen LogP contribution in [0.1, 0.15) is 5.56 Å². The van der Waals surface area contributed by atoms with Crippen LogP contribution >= 0.6 is 0 Å². The average molecular weight is 341 g/mol. The van der Waals surface area contributed by atoms with Gasteiger partial charge >= 0.3 is 0 Å². The van der Waals surface area contributed by atoms with Gasteiger partial charge in [0.05, 0.1) is 5.69 Å². The lowest BCUT2D eigenvalue weighted by atomic mass is 10.1. The minimum absolute atomic E-state index is 0.212. The summed E-state index contributed by atoms with van der Waals surface area (Å²) in [6.45, 7) is 0. The standard InChI is InChI=1S/C20H15N5O/c26-18(12-11-15-7-3-1-4-8-15)22-19-23-20-21-14-13-17(25(20)24-19)16-9-5-2-6-10-16/h1-14H,(H,22,24,26)/b12-11+. The summed E-state index contributed by atoms with van der Waals surface area (Å²) in [7, 11) is 0. The Bertz CT molecular complexity index is 1070. The van der Waals surface area contributed by atoms with Crippen molar-refractivity contribution in [2.75, 3.05) is 5.32 Å². The normalized spacial score (nSPS) is 11.1. The molecular formula is C20H15N5O. The second-order valence-electron chi connectivity index (χ2n) is 5.58. The van der Waals surface area contributed by atoms with Gasteiger partial charge in [0.15, 0.2) is 0 Å². The Morgan fingerprint density at radius 1 is 0.962 bits per heavy atom. The van der Waals surface area contributed by atoms with Crippen LogP contribution in [-0.2, 0) is 4.79 Å². The Kier molecular flexibility index (Phi) is 4.22. The van der Waals surface area contributed by atoms with E-state index in [2.05, 4.69) is 20.4 Å². The number of carbonyl (C=O) groups excluding carboxylic acids is 1. The molecule has 0 aliphatic carbocycles. The summed E-state index contributed by atoms with van der Waals surface area (Å²) in [6.07, 6.45) is 4.86. The molecule has 0 unspecified atom stereocenters. The lowest BCUT2D eigenvalue weighted by molar-refractivity contribution is -0.111. The number of nitrogens with one attached hydrogen (secondary N) is 1. The third-order valence-corrected chi connectivity index (χ3v) is 3.77. The van der Waals surface area contributed by atoms with Gasteiger partial charge in [0.2, 0.25) is 0 Å². The van der Waals surface area contributed by atoms with Gasteiger partial charge in [-0.25, -0.2) is 4.98 Å². The summed E-state index contributed by atoms with van der Waals surface area (Å²) in [5, 5.41) is 7.03. The highest BCUT2D eigenvalue weighted by Gasteiger charge is 2.10. The number of nitrogens with zero attached hydrogens (tertiary/aromatic N) is 4. The van der Waals surface area contributed by atoms with Crippen LogP contribution in [0.15, 0.2) is 79.0 Å². The monoisotopic (exact) mass is 341 g/mol. The van der Waals surface area contributed by atoms with Gasteiger partial charge in [-0.1, -0.05) is 60.7 Å². The molecule has 0 saturated carbocycles. The zero-order valence-corrected chi connectivity index (χ0v) is 13.8. The van der Waals surface area contributed by atoms with Crippen LogP contribution in [-0.4, -0.2) is 25.5 Å². The summed E-state index contributed by atoms with van der Waals surface area (Å²) in [4.78, 5) is 20.6. The molecule has 0 radical (unpaired) electrons. The minimum atomic E-state index is -0.300. The molecule has 126 valence electrons. The van der Waals surface area contributed by atoms with Gasteiger partial charge in [-0.05, 0) is 17.7 Å². The molecule has 2 heterocycles. The van der Waals surface area contributed by atoms with Crippen LogP contribution < -0.4 is 5.32 Å². The van der Waals surface area contributed by atoms with E-state index < -0.39 is 0 Å². The molecule has 2 aromatic carbocycles. The van der Waals surface area contributed by atoms with E-state index in [1.165, 1.54) is 6.08 Å². The third kappa shape index (κ3) is 3.34. The van der Waals surface area contributed by atoms with Gasteiger partial charge in [0.25, 0.3) is 17.6 Å². The molecule has 0 aliphatic heterocycles. The van der Waals surface area contributed by atoms with Crippen molar-refractivity contribution in [1.82, 2.24) is 19.6 Å². The number of rotatable bonds is 4. The highest BCUT2D eigenvalue weighted by molar-refractivity contribution is 6.01. The molecule has 2 aromatic heterocycles. The average Bonchev–Trinajstić information content (AvgIpc) is 3.10. The molecular weight excluding hydrogens is 326 g/mol. The van der Waals surface area contributed by atoms with E-state index in [4.69, 9.17) is 0 Å². The third-order valence-electron chi connectivity index (χ3n) is 3.77. The lowest BCUT2D eigenvalue weighted by Crippen LogP contribution is -2.09. The van der Waals surface area contributed by atoms with E-state index in [1.807, 2.05) is 66.7 Å². The fourth-order valence-electron chi connectivity index (χ4n) is 2.56. The van der Waals surface area contributed by atoms with E-state index >= 15 is 0 Å². The quantitative estimate of drug-likeness (QED) is 0.577. The summed E-state index contributed by atoms with van der Waals surface area (Å²) in [6, 6.07) is 21.3. The van der Waals surface area contributed by atoms with E-state index in [0.717, 1.165) is 16.8 Å². The Morgan fingerprint density at radius 3 is 2.46 bits per heavy atom. The van der Waals surface area contributed by atoms with Crippen molar-refractivity contribution >= 4 is 23.7 Å². The topological polar surface area (TPSA) is 72.2 Å². The Labute approximate surface area is 149 Å². The van der Waals surface area contributed by atoms with E-state index in [-0.39, 0.29) is 11.9 Å². The Balaban J connectivity index is 1.58. The van der Waals surface area contributed by atoms with Gasteiger partial charge in [0.1, 0.15) is 0 Å². The molecule has 6 nitrogen and oxygen atoms in total. The van der Waals surface area contributed by atoms with Crippen molar-refractivity contribution in [2.24, 2.45) is 0 Å². The second-order valence-corrected chi connectivity index (χ2v) is 5.58. The SMILES string of the molecule is O=C(/C=C/c1ccccc1)Nc1nc2nccc(-c3ccccc3)n2n1. The van der Waals surface area contributed by atoms with Gasteiger partial charge in [-0.15, -0.1) is 5.10 Å². The Hall–Kier alpha value is -3.80. The molecule has 1 amide bonds. The summed E-state index contributed by atoms with van der Waals surface area (Å²) >= 11 is 0. The molecule has 0 bridgehead atoms. The number of hydrogen-bond donors (Lipinski definition) is 1. The first-order valence-electron chi connectivity index (χ1n) is 8.11. The number of benzene rings is 2. The number of fused-ring (bicyclic) bond motifs is 1. The summed E-state index contributed by atoms with van der Waals surface area (Å²) in [5.41, 5.74) is 2.79. The lowest BCUT2D eigenvalue weighted by Gasteiger charge is -2.02. The molecule has 4 rings (SSSR count). The number of carbonyl (C=O) groups is 1. The first kappa shape index (κ1) is 15.7. The predicted octanol–water partition coefficient (Wildman–Crippen LogP) is 3.44. The summed E-state index contributed by atoms with van der Waals surface area (Å²) in [5.74, 6) is 0.336. The largest absolute Gasteiger partial charge is 0.290 e. The highest BCUT2D eigenvalue weighted by Crippen LogP contribution is 2.19. The van der Waals surface area contributed by atoms with Crippen molar-refractivity contribution in [2.45, 2.75) is 0 Å². The zero-order valence-electron chi connectivity index (χ0n) is 13.8. The molecule has 0 saturated heterocycles. The zero-order chi connectivity index (χ0) is 17.8. The van der Waals surface area contributed by atoms with Crippen molar-refractivity contribution in [3.8, 4) is 11.3 Å². The van der Waals surface area contributed by atoms with Crippen LogP contribution in [0.5, 0.6) is 0 Å². The molecule has 0 spiro atoms. The highest BCUT2D eigenvalue weighted by atomic mass is 16.1. The van der Waals surface area contributed by atoms with E-state index in [9.17, 15) is 4.79 Å². The van der Waals surface area contributed by atoms with Crippen LogP contribution in [0, 0.1) is 0 Å². The van der Waals surface area contributed by atoms with Crippen LogP contribution in [0.2, 0.25) is 0 Å². The maximum Gasteiger partial charge on any atom is 0.254 e. The molecule has 6 heteroatoms. The number of hydrogen-bond acceptors (Lipinski definition) is 4. The number of amides is 1. The van der Waals surface area contributed by atoms with E-state index in [1.54, 1.807) is 16.8 Å². The van der Waals surface area contributed by atoms with Crippen molar-refractivity contribution in [1.29, 1.82) is 0 Å². The van der Waals surface area contributed by atoms with Crippen molar-refractivity contribution < 1.29 is 4.79 Å². The maximum absolute atomic E-state index is 12.1. The predicted molar refractivity (Wildman–Crippen MR) is 100 cm³/mol. The van der Waals surface area contributed by atoms with Crippen LogP contribution in [0.3, 0.4) is 0 Å². The molecule has 26 heavy (non-hydrogen) atoms. The first-order chi connectivity index (χ1) is 12.8. The fraction of sp³-hybridized carbons (Fsp3) is 0. The van der Waals surface area contributed by atoms with Crippen LogP contribution in [0.25, 0.3) is 23.1 Å². The first-order valence-corrected chi connectivity index (χ1v) is 8.11. The molecule has 4 aromatic rings. The fourth-order valence-corrected chi connectivity index (χ4v) is 2.56. The Morgan fingerprint density at radius 2 is 1.69 bits per heavy atom. The molecule has 0 fully saturated rings.